The standard InChI is InChI=1S/C20H17FO3S.Na.H/c1-12-17(9-13-3-6-15(7-4-13)25(2)24)16-8-5-14(21)10-19(16)18(12)11-20(22)23;;/h3-10H,11H2,1-2H3,(H,22,23);;/q;+1;-1/t25-;;/m0../s1. The van der Waals surface area contributed by atoms with Crippen molar-refractivity contribution in [2.75, 3.05) is 6.26 Å². The van der Waals surface area contributed by atoms with Crippen LogP contribution in [0, 0.1) is 5.82 Å². The molecule has 0 radical (unpaired) electrons. The summed E-state index contributed by atoms with van der Waals surface area (Å²) in [5, 5.41) is 9.17. The first-order valence-electron chi connectivity index (χ1n) is 7.74. The number of allylic oxidation sites excluding steroid dienone is 2. The maximum atomic E-state index is 13.7. The van der Waals surface area contributed by atoms with Crippen LogP contribution in [0.3, 0.4) is 0 Å². The summed E-state index contributed by atoms with van der Waals surface area (Å²) in [5.74, 6) is -1.33. The van der Waals surface area contributed by atoms with Gasteiger partial charge in [0.15, 0.2) is 0 Å². The van der Waals surface area contributed by atoms with E-state index in [9.17, 15) is 13.4 Å². The van der Waals surface area contributed by atoms with Crippen molar-refractivity contribution >= 4 is 34.0 Å². The molecule has 3 nitrogen and oxygen atoms in total. The fraction of sp³-hybridized carbons (Fsp3) is 0.150. The Hall–Kier alpha value is -1.53. The third-order valence-corrected chi connectivity index (χ3v) is 5.24. The van der Waals surface area contributed by atoms with Gasteiger partial charge in [0.25, 0.3) is 0 Å². The van der Waals surface area contributed by atoms with Gasteiger partial charge in [-0.3, -0.25) is 9.00 Å². The van der Waals surface area contributed by atoms with Gasteiger partial charge < -0.3 is 6.53 Å². The summed E-state index contributed by atoms with van der Waals surface area (Å²) in [5.41, 5.74) is 4.74. The van der Waals surface area contributed by atoms with E-state index in [0.717, 1.165) is 27.2 Å². The van der Waals surface area contributed by atoms with Crippen LogP contribution in [0.1, 0.15) is 31.5 Å². The van der Waals surface area contributed by atoms with Gasteiger partial charge >= 0.3 is 35.5 Å². The smallest absolute Gasteiger partial charge is 1.00 e. The van der Waals surface area contributed by atoms with Crippen LogP contribution in [0.15, 0.2) is 52.9 Å². The molecule has 6 heteroatoms. The Morgan fingerprint density at radius 3 is 2.42 bits per heavy atom. The molecule has 0 aromatic heterocycles. The predicted octanol–water partition coefficient (Wildman–Crippen LogP) is 1.48. The molecule has 2 aromatic carbocycles. The van der Waals surface area contributed by atoms with E-state index in [1.807, 2.05) is 25.1 Å². The normalized spacial score (nSPS) is 15.6. The minimum atomic E-state index is -1.04. The van der Waals surface area contributed by atoms with Crippen molar-refractivity contribution in [3.05, 3.63) is 70.5 Å². The number of hydrogen-bond donors (Lipinski definition) is 1. The number of benzene rings is 2. The van der Waals surface area contributed by atoms with Gasteiger partial charge in [-0.15, -0.1) is 0 Å². The van der Waals surface area contributed by atoms with E-state index in [2.05, 4.69) is 0 Å². The van der Waals surface area contributed by atoms with Gasteiger partial charge in [-0.25, -0.2) is 4.39 Å². The summed E-state index contributed by atoms with van der Waals surface area (Å²) < 4.78 is 25.1. The minimum Gasteiger partial charge on any atom is -1.00 e. The van der Waals surface area contributed by atoms with Gasteiger partial charge in [-0.1, -0.05) is 18.2 Å². The van der Waals surface area contributed by atoms with Crippen molar-refractivity contribution < 1.29 is 49.5 Å². The average Bonchev–Trinajstić information content (AvgIpc) is 2.80. The van der Waals surface area contributed by atoms with Gasteiger partial charge in [0.2, 0.25) is 0 Å². The van der Waals surface area contributed by atoms with Crippen LogP contribution in [0.5, 0.6) is 0 Å². The molecule has 0 aliphatic heterocycles. The van der Waals surface area contributed by atoms with Gasteiger partial charge in [-0.05, 0) is 70.7 Å². The first kappa shape index (κ1) is 20.8. The zero-order chi connectivity index (χ0) is 18.1. The number of fused-ring (bicyclic) bond motifs is 1. The van der Waals surface area contributed by atoms with Crippen LogP contribution in [-0.4, -0.2) is 21.5 Å². The molecule has 0 saturated carbocycles. The third-order valence-electron chi connectivity index (χ3n) is 4.30. The Morgan fingerprint density at radius 2 is 1.85 bits per heavy atom. The number of rotatable bonds is 4. The second-order valence-electron chi connectivity index (χ2n) is 5.95. The molecule has 0 saturated heterocycles. The fourth-order valence-electron chi connectivity index (χ4n) is 3.05. The second-order valence-corrected chi connectivity index (χ2v) is 7.32. The predicted molar refractivity (Wildman–Crippen MR) is 99.0 cm³/mol. The third kappa shape index (κ3) is 4.23. The number of aliphatic carboxylic acids is 1. The van der Waals surface area contributed by atoms with Crippen LogP contribution in [0.25, 0.3) is 17.2 Å². The Morgan fingerprint density at radius 1 is 1.19 bits per heavy atom. The number of carboxylic acid groups (broad SMARTS) is 1. The number of hydrogen-bond acceptors (Lipinski definition) is 2. The summed E-state index contributed by atoms with van der Waals surface area (Å²) in [6.45, 7) is 1.86. The molecule has 1 N–H and O–H groups in total. The molecule has 0 spiro atoms. The van der Waals surface area contributed by atoms with Crippen LogP contribution in [0.4, 0.5) is 4.39 Å². The van der Waals surface area contributed by atoms with Crippen LogP contribution in [0.2, 0.25) is 0 Å². The SMILES string of the molecule is CC1=C(CC(=O)O)c2cc(F)ccc2C1=Cc1ccc([S@](C)=O)cc1.[H-].[Na+]. The number of halogens is 1. The Labute approximate surface area is 177 Å². The average molecular weight is 380 g/mol. The largest absolute Gasteiger partial charge is 1.00 e. The molecule has 2 aromatic rings. The van der Waals surface area contributed by atoms with Gasteiger partial charge in [0, 0.05) is 22.0 Å². The first-order valence-corrected chi connectivity index (χ1v) is 9.30. The van der Waals surface area contributed by atoms with Crippen molar-refractivity contribution in [2.24, 2.45) is 0 Å². The summed E-state index contributed by atoms with van der Waals surface area (Å²) in [4.78, 5) is 11.9. The molecule has 1 atom stereocenters. The fourth-order valence-corrected chi connectivity index (χ4v) is 3.57. The van der Waals surface area contributed by atoms with E-state index >= 15 is 0 Å². The Kier molecular flexibility index (Phi) is 6.74. The molecule has 26 heavy (non-hydrogen) atoms. The minimum absolute atomic E-state index is 0. The van der Waals surface area contributed by atoms with E-state index in [-0.39, 0.29) is 43.2 Å². The molecule has 130 valence electrons. The zero-order valence-corrected chi connectivity index (χ0v) is 17.7. The van der Waals surface area contributed by atoms with E-state index in [1.54, 1.807) is 24.5 Å². The van der Waals surface area contributed by atoms with Crippen LogP contribution < -0.4 is 29.6 Å². The summed E-state index contributed by atoms with van der Waals surface area (Å²) >= 11 is 0. The van der Waals surface area contributed by atoms with E-state index in [0.29, 0.717) is 11.1 Å². The van der Waals surface area contributed by atoms with Crippen molar-refractivity contribution in [1.82, 2.24) is 0 Å². The molecular formula is C20H18FNaO3S. The van der Waals surface area contributed by atoms with Crippen molar-refractivity contribution in [3.63, 3.8) is 0 Å². The molecule has 1 aliphatic rings. The van der Waals surface area contributed by atoms with Crippen molar-refractivity contribution in [1.29, 1.82) is 0 Å². The monoisotopic (exact) mass is 380 g/mol. The van der Waals surface area contributed by atoms with Crippen molar-refractivity contribution in [3.8, 4) is 0 Å². The van der Waals surface area contributed by atoms with E-state index in [1.165, 1.54) is 12.1 Å². The summed E-state index contributed by atoms with van der Waals surface area (Å²) in [6, 6.07) is 11.8. The molecule has 0 unspecified atom stereocenters. The summed E-state index contributed by atoms with van der Waals surface area (Å²) in [7, 11) is -1.04. The molecular weight excluding hydrogens is 362 g/mol. The Balaban J connectivity index is 0.00000182. The molecule has 0 fully saturated rings. The second kappa shape index (κ2) is 8.44. The topological polar surface area (TPSA) is 54.4 Å². The van der Waals surface area contributed by atoms with E-state index in [4.69, 9.17) is 5.11 Å². The van der Waals surface area contributed by atoms with E-state index < -0.39 is 16.8 Å². The maximum Gasteiger partial charge on any atom is 1.00 e. The quantitative estimate of drug-likeness (QED) is 0.818. The Bertz CT molecular complexity index is 952. The van der Waals surface area contributed by atoms with Gasteiger partial charge in [-0.2, -0.15) is 0 Å². The first-order chi connectivity index (χ1) is 11.9. The zero-order valence-electron chi connectivity index (χ0n) is 15.9. The van der Waals surface area contributed by atoms with Crippen LogP contribution in [-0.2, 0) is 15.6 Å². The maximum absolute atomic E-state index is 13.7. The summed E-state index contributed by atoms with van der Waals surface area (Å²) in [6.07, 6.45) is 3.43. The van der Waals surface area contributed by atoms with Gasteiger partial charge in [0.05, 0.1) is 6.42 Å². The molecule has 3 rings (SSSR count). The van der Waals surface area contributed by atoms with Crippen LogP contribution >= 0.6 is 0 Å². The molecule has 1 aliphatic carbocycles. The van der Waals surface area contributed by atoms with Crippen molar-refractivity contribution in [2.45, 2.75) is 18.2 Å². The molecule has 0 heterocycles. The number of carbonyl (C=O) groups is 1. The number of carboxylic acids is 1. The molecule has 0 bridgehead atoms. The van der Waals surface area contributed by atoms with Gasteiger partial charge in [0.1, 0.15) is 5.82 Å². The molecule has 0 amide bonds.